The lowest BCUT2D eigenvalue weighted by molar-refractivity contribution is -0.498. The lowest BCUT2D eigenvalue weighted by Crippen LogP contribution is -2.65. The summed E-state index contributed by atoms with van der Waals surface area (Å²) >= 11 is 0. The predicted octanol–water partition coefficient (Wildman–Crippen LogP) is 13.1. The van der Waals surface area contributed by atoms with Gasteiger partial charge in [0, 0.05) is 28.7 Å². The molecule has 0 aliphatic rings. The van der Waals surface area contributed by atoms with Crippen molar-refractivity contribution in [1.29, 1.82) is 0 Å². The Morgan fingerprint density at radius 2 is 0.536 bits per heavy atom. The highest BCUT2D eigenvalue weighted by Gasteiger charge is 2.87. The van der Waals surface area contributed by atoms with Gasteiger partial charge in [-0.15, -0.1) is 0 Å². The van der Waals surface area contributed by atoms with Crippen molar-refractivity contribution in [2.75, 3.05) is 33.0 Å². The Bertz CT molecular complexity index is 2830. The molecule has 0 rings (SSSR count). The molecule has 97 heavy (non-hydrogen) atoms. The van der Waals surface area contributed by atoms with Crippen LogP contribution in [0.1, 0.15) is 48.0 Å². The van der Waals surface area contributed by atoms with Crippen molar-refractivity contribution < 1.29 is 221 Å². The molecule has 0 bridgehead atoms. The average molecular weight is 1510 g/mol. The van der Waals surface area contributed by atoms with Crippen LogP contribution >= 0.6 is 0 Å². The van der Waals surface area contributed by atoms with E-state index >= 15 is 26.3 Å². The van der Waals surface area contributed by atoms with E-state index in [9.17, 15) is 147 Å². The summed E-state index contributed by atoms with van der Waals surface area (Å²) in [6, 6.07) is 0. The summed E-state index contributed by atoms with van der Waals surface area (Å²) in [5.41, 5.74) is -8.91. The molecule has 0 radical (unpaired) electrons. The van der Waals surface area contributed by atoms with Crippen molar-refractivity contribution >= 4 is 36.1 Å². The minimum Gasteiger partial charge on any atom is -0.460 e. The van der Waals surface area contributed by atoms with Crippen LogP contribution < -0.4 is 10.6 Å². The van der Waals surface area contributed by atoms with Gasteiger partial charge in [-0.25, -0.2) is 43.0 Å². The van der Waals surface area contributed by atoms with Crippen LogP contribution in [0.5, 0.6) is 0 Å². The van der Waals surface area contributed by atoms with Crippen LogP contribution in [0.3, 0.4) is 0 Å². The zero-order valence-corrected chi connectivity index (χ0v) is 48.3. The molecule has 0 spiro atoms. The number of halogens is 33. The zero-order valence-electron chi connectivity index (χ0n) is 48.3. The van der Waals surface area contributed by atoms with Crippen LogP contribution in [0, 0.1) is 0 Å². The predicted molar refractivity (Wildman–Crippen MR) is 242 cm³/mol. The average Bonchev–Trinajstić information content (AvgIpc) is 0.750. The molecule has 0 saturated heterocycles. The van der Waals surface area contributed by atoms with Gasteiger partial charge in [-0.3, -0.25) is 0 Å². The van der Waals surface area contributed by atoms with E-state index in [-0.39, 0.29) is 6.92 Å². The van der Waals surface area contributed by atoms with Gasteiger partial charge in [0.15, 0.2) is 12.2 Å². The molecule has 0 saturated carbocycles. The summed E-state index contributed by atoms with van der Waals surface area (Å²) in [6.45, 7) is 4.84. The Hall–Kier alpha value is -7.09. The highest BCUT2D eigenvalue weighted by Crippen LogP contribution is 2.58. The molecule has 0 aromatic rings. The van der Waals surface area contributed by atoms with Gasteiger partial charge in [0.2, 0.25) is 6.10 Å². The number of hydrogen-bond acceptors (Lipinski definition) is 16. The zero-order chi connectivity index (χ0) is 77.7. The molecule has 18 nitrogen and oxygen atoms in total. The number of alkyl carbamates (subject to hydrolysis) is 2. The third kappa shape index (κ3) is 21.5. The first-order valence-corrected chi connectivity index (χ1v) is 24.2. The number of amides is 2. The molecular formula is C46H43F33N2O16. The van der Waals surface area contributed by atoms with E-state index in [1.165, 1.54) is 0 Å². The van der Waals surface area contributed by atoms with Gasteiger partial charge in [-0.1, -0.05) is 26.3 Å². The van der Waals surface area contributed by atoms with Gasteiger partial charge in [-0.05, 0) is 41.5 Å². The standard InChI is InChI=1S/C46H43F33N2O16/c1-17(2)24(82)89-13-30(9,14-90-25(83)18(3)4)80-28(86)93-22(33(49,50)96-45(76,77)39(61,62)36(55,56)42(68,69)70)11-21(32(47,48)95-44(74,75)38(59,60)35(53,54)41(65,66)67)88-12-23(34(51,52)97-46(78,79)40(63,64)37(57,58)43(71,72)73)94-29(87)81-31(10,15-91-26(84)19(5)6)16-92-27(85)20(7)8/h21-23H,1,3,5,7,11-16H2,2,4,6,8-10H3,(H,80,86)(H,81,87). The second-order valence-corrected chi connectivity index (χ2v) is 20.1. The van der Waals surface area contributed by atoms with E-state index in [1.54, 1.807) is 0 Å². The third-order valence-electron chi connectivity index (χ3n) is 10.9. The molecule has 0 heterocycles. The molecular weight excluding hydrogens is 1460 g/mol. The van der Waals surface area contributed by atoms with Gasteiger partial charge in [-0.2, -0.15) is 145 Å². The largest absolute Gasteiger partial charge is 0.460 e. The quantitative estimate of drug-likeness (QED) is 0.0258. The lowest BCUT2D eigenvalue weighted by Gasteiger charge is -2.39. The highest BCUT2D eigenvalue weighted by molar-refractivity contribution is 5.88. The van der Waals surface area contributed by atoms with E-state index in [4.69, 9.17) is 0 Å². The van der Waals surface area contributed by atoms with Crippen molar-refractivity contribution in [3.05, 3.63) is 48.6 Å². The molecule has 0 aromatic heterocycles. The Morgan fingerprint density at radius 3 is 0.753 bits per heavy atom. The topological polar surface area (TPSA) is 219 Å². The van der Waals surface area contributed by atoms with Gasteiger partial charge < -0.3 is 43.8 Å². The number of nitrogens with one attached hydrogen (secondary N) is 2. The molecule has 0 aliphatic heterocycles. The molecule has 2 N–H and O–H groups in total. The van der Waals surface area contributed by atoms with E-state index in [2.05, 4.69) is 59.5 Å². The van der Waals surface area contributed by atoms with Gasteiger partial charge >= 0.3 is 127 Å². The minimum absolute atomic E-state index is 0.268. The number of carbonyl (C=O) groups is 6. The van der Waals surface area contributed by atoms with Crippen LogP contribution in [0.15, 0.2) is 48.6 Å². The number of carbonyl (C=O) groups excluding carboxylic acids is 6. The minimum atomic E-state index is -8.75. The van der Waals surface area contributed by atoms with Gasteiger partial charge in [0.1, 0.15) is 37.5 Å². The van der Waals surface area contributed by atoms with Gasteiger partial charge in [0.05, 0.1) is 6.61 Å². The van der Waals surface area contributed by atoms with Crippen molar-refractivity contribution in [2.24, 2.45) is 0 Å². The van der Waals surface area contributed by atoms with E-state index in [0.717, 1.165) is 38.3 Å². The summed E-state index contributed by atoms with van der Waals surface area (Å²) in [5, 5.41) is 2.05. The van der Waals surface area contributed by atoms with E-state index < -0.39 is 218 Å². The van der Waals surface area contributed by atoms with Crippen molar-refractivity contribution in [3.63, 3.8) is 0 Å². The first kappa shape index (κ1) is 89.9. The van der Waals surface area contributed by atoms with E-state index in [0.29, 0.717) is 6.92 Å². The first-order valence-electron chi connectivity index (χ1n) is 24.2. The normalized spacial score (nSPS) is 15.2. The maximum atomic E-state index is 16.2. The Kier molecular flexibility index (Phi) is 27.6. The van der Waals surface area contributed by atoms with Gasteiger partial charge in [0.25, 0.3) is 0 Å². The SMILES string of the molecule is C=C(C)C(=O)OCC(C)(COC(=O)C(=C)C)NC(=O)OC(COC(CC(OC(=O)NC(C)(COC(=O)C(=C)C)COC(=O)C(=C)C)C(F)(F)OC(F)(F)C(F)(F)C(F)(F)C(F)(F)F)C(F)(F)OC(F)(F)C(F)(F)C(F)(F)C(F)(F)F)C(F)(F)OC(F)(F)C(F)(F)C(F)(F)C(F)(F)F. The maximum Gasteiger partial charge on any atom is 0.460 e. The fraction of sp³-hybridized carbons (Fsp3) is 0.696. The molecule has 0 fully saturated rings. The highest BCUT2D eigenvalue weighted by atomic mass is 19.5. The smallest absolute Gasteiger partial charge is 0.460 e. The first-order chi connectivity index (χ1) is 42.5. The van der Waals surface area contributed by atoms with Crippen LogP contribution in [0.2, 0.25) is 0 Å². The number of alkyl halides is 33. The lowest BCUT2D eigenvalue weighted by atomic mass is 10.1. The molecule has 2 amide bonds. The molecule has 3 atom stereocenters. The van der Waals surface area contributed by atoms with Crippen molar-refractivity contribution in [3.8, 4) is 0 Å². The van der Waals surface area contributed by atoms with E-state index in [1.807, 2.05) is 14.2 Å². The monoisotopic (exact) mass is 1510 g/mol. The fourth-order valence-corrected chi connectivity index (χ4v) is 5.57. The number of hydrogen-bond donors (Lipinski definition) is 2. The number of ether oxygens (including phenoxy) is 10. The molecule has 3 unspecified atom stereocenters. The maximum absolute atomic E-state index is 16.2. The summed E-state index contributed by atoms with van der Waals surface area (Å²) in [4.78, 5) is 75.2. The number of esters is 4. The van der Waals surface area contributed by atoms with Crippen molar-refractivity contribution in [2.45, 2.75) is 168 Å². The Labute approximate surface area is 517 Å². The molecule has 0 aromatic carbocycles. The van der Waals surface area contributed by atoms with Crippen LogP contribution in [0.25, 0.3) is 0 Å². The second kappa shape index (κ2) is 29.8. The third-order valence-corrected chi connectivity index (χ3v) is 10.9. The van der Waals surface area contributed by atoms with Crippen LogP contribution in [-0.4, -0.2) is 189 Å². The molecule has 51 heteroatoms. The van der Waals surface area contributed by atoms with Crippen LogP contribution in [0.4, 0.5) is 154 Å². The Morgan fingerprint density at radius 1 is 0.330 bits per heavy atom. The second-order valence-electron chi connectivity index (χ2n) is 20.1. The molecule has 0 aliphatic carbocycles. The Balaban J connectivity index is 9.42. The van der Waals surface area contributed by atoms with Crippen LogP contribution in [-0.2, 0) is 66.5 Å². The summed E-state index contributed by atoms with van der Waals surface area (Å²) in [7, 11) is 0. The summed E-state index contributed by atoms with van der Waals surface area (Å²) in [5.74, 6) is -58.0. The summed E-state index contributed by atoms with van der Waals surface area (Å²) in [6.07, 6.45) is -101. The summed E-state index contributed by atoms with van der Waals surface area (Å²) < 4.78 is 507. The molecule has 564 valence electrons. The fourth-order valence-electron chi connectivity index (χ4n) is 5.57. The number of rotatable bonds is 36. The van der Waals surface area contributed by atoms with Crippen molar-refractivity contribution in [1.82, 2.24) is 10.6 Å².